The van der Waals surface area contributed by atoms with Crippen LogP contribution in [0.4, 0.5) is 0 Å². The molecule has 0 saturated carbocycles. The maximum Gasteiger partial charge on any atom is 0.137 e. The van der Waals surface area contributed by atoms with E-state index in [1.165, 1.54) is 0 Å². The first-order valence-corrected chi connectivity index (χ1v) is 5.86. The van der Waals surface area contributed by atoms with Crippen molar-refractivity contribution in [3.63, 3.8) is 0 Å². The second kappa shape index (κ2) is 5.19. The molecule has 1 aromatic carbocycles. The van der Waals surface area contributed by atoms with Gasteiger partial charge in [0.05, 0.1) is 17.2 Å². The topological polar surface area (TPSA) is 29.5 Å². The summed E-state index contributed by atoms with van der Waals surface area (Å²) in [6.07, 6.45) is 0.569. The third-order valence-corrected chi connectivity index (χ3v) is 2.65. The average Bonchev–Trinajstić information content (AvgIpc) is 2.07. The smallest absolute Gasteiger partial charge is 0.137 e. The van der Waals surface area contributed by atoms with Gasteiger partial charge in [-0.25, -0.2) is 0 Å². The zero-order chi connectivity index (χ0) is 11.5. The van der Waals surface area contributed by atoms with Gasteiger partial charge < -0.3 is 9.84 Å². The van der Waals surface area contributed by atoms with Crippen LogP contribution in [0.15, 0.2) is 22.7 Å². The Morgan fingerprint density at radius 3 is 2.67 bits per heavy atom. The largest absolute Gasteiger partial charge is 0.492 e. The number of benzene rings is 1. The fraction of sp³-hybridized carbons (Fsp3) is 0.455. The zero-order valence-corrected chi connectivity index (χ0v) is 11.1. The molecule has 0 fully saturated rings. The van der Waals surface area contributed by atoms with Crippen LogP contribution in [0.5, 0.6) is 5.75 Å². The molecular formula is C11H14BrClO2. The summed E-state index contributed by atoms with van der Waals surface area (Å²) in [7, 11) is 0. The summed E-state index contributed by atoms with van der Waals surface area (Å²) in [5.74, 6) is 0.643. The molecule has 1 N–H and O–H groups in total. The van der Waals surface area contributed by atoms with Crippen LogP contribution in [-0.4, -0.2) is 17.3 Å². The number of hydrogen-bond acceptors (Lipinski definition) is 2. The third-order valence-electron chi connectivity index (χ3n) is 1.87. The first-order valence-electron chi connectivity index (χ1n) is 4.69. The fourth-order valence-corrected chi connectivity index (χ4v) is 1.73. The Morgan fingerprint density at radius 2 is 2.13 bits per heavy atom. The Labute approximate surface area is 103 Å². The Kier molecular flexibility index (Phi) is 4.44. The van der Waals surface area contributed by atoms with Crippen molar-refractivity contribution in [2.75, 3.05) is 6.61 Å². The molecule has 4 heteroatoms. The van der Waals surface area contributed by atoms with Crippen LogP contribution in [0.3, 0.4) is 0 Å². The van der Waals surface area contributed by atoms with Crippen LogP contribution in [0.2, 0.25) is 5.02 Å². The van der Waals surface area contributed by atoms with Crippen LogP contribution < -0.4 is 4.74 Å². The van der Waals surface area contributed by atoms with Gasteiger partial charge in [-0.05, 0) is 32.0 Å². The maximum atomic E-state index is 9.49. The Bertz CT molecular complexity index is 334. The highest BCUT2D eigenvalue weighted by Crippen LogP contribution is 2.28. The first-order chi connectivity index (χ1) is 6.88. The molecule has 0 aliphatic heterocycles. The minimum absolute atomic E-state index is 0.449. The molecule has 0 aliphatic rings. The molecule has 0 aromatic heterocycles. The normalized spacial score (nSPS) is 11.5. The Hall–Kier alpha value is -0.250. The van der Waals surface area contributed by atoms with Crippen molar-refractivity contribution >= 4 is 27.5 Å². The number of hydrogen-bond donors (Lipinski definition) is 1. The zero-order valence-electron chi connectivity index (χ0n) is 8.76. The van der Waals surface area contributed by atoms with E-state index in [9.17, 15) is 5.11 Å². The second-order valence-corrected chi connectivity index (χ2v) is 5.31. The van der Waals surface area contributed by atoms with Gasteiger partial charge in [-0.2, -0.15) is 0 Å². The van der Waals surface area contributed by atoms with Crippen molar-refractivity contribution in [2.45, 2.75) is 25.9 Å². The summed E-state index contributed by atoms with van der Waals surface area (Å²) >= 11 is 9.28. The van der Waals surface area contributed by atoms with Gasteiger partial charge in [-0.3, -0.25) is 0 Å². The lowest BCUT2D eigenvalue weighted by molar-refractivity contribution is 0.0553. The molecule has 0 atom stereocenters. The average molecular weight is 294 g/mol. The molecule has 0 unspecified atom stereocenters. The van der Waals surface area contributed by atoms with Gasteiger partial charge in [0.25, 0.3) is 0 Å². The molecule has 0 saturated heterocycles. The lowest BCUT2D eigenvalue weighted by Gasteiger charge is -2.17. The van der Waals surface area contributed by atoms with Crippen LogP contribution in [0.1, 0.15) is 20.3 Å². The van der Waals surface area contributed by atoms with Gasteiger partial charge in [0, 0.05) is 10.9 Å². The van der Waals surface area contributed by atoms with E-state index in [1.807, 2.05) is 6.07 Å². The number of rotatable bonds is 4. The summed E-state index contributed by atoms with van der Waals surface area (Å²) in [6.45, 7) is 3.95. The van der Waals surface area contributed by atoms with E-state index < -0.39 is 5.60 Å². The third kappa shape index (κ3) is 4.87. The molecule has 0 radical (unpaired) electrons. The van der Waals surface area contributed by atoms with Gasteiger partial charge in [0.2, 0.25) is 0 Å². The number of halogens is 2. The van der Waals surface area contributed by atoms with Gasteiger partial charge >= 0.3 is 0 Å². The molecule has 2 nitrogen and oxygen atoms in total. The maximum absolute atomic E-state index is 9.49. The molecule has 1 rings (SSSR count). The highest BCUT2D eigenvalue weighted by molar-refractivity contribution is 9.10. The molecule has 0 aliphatic carbocycles. The van der Waals surface area contributed by atoms with Crippen molar-refractivity contribution in [3.8, 4) is 5.75 Å². The minimum Gasteiger partial charge on any atom is -0.492 e. The summed E-state index contributed by atoms with van der Waals surface area (Å²) in [5, 5.41) is 10.1. The van der Waals surface area contributed by atoms with E-state index >= 15 is 0 Å². The molecule has 0 amide bonds. The van der Waals surface area contributed by atoms with Gasteiger partial charge in [0.15, 0.2) is 0 Å². The molecular weight excluding hydrogens is 279 g/mol. The van der Waals surface area contributed by atoms with Crippen molar-refractivity contribution < 1.29 is 9.84 Å². The molecule has 0 bridgehead atoms. The fourth-order valence-electron chi connectivity index (χ4n) is 1.00. The van der Waals surface area contributed by atoms with Crippen LogP contribution in [0, 0.1) is 0 Å². The van der Waals surface area contributed by atoms with E-state index in [0.29, 0.717) is 23.8 Å². The standard InChI is InChI=1S/C11H14BrClO2/c1-11(2,14)5-6-15-10-4-3-8(12)7-9(10)13/h3-4,7,14H,5-6H2,1-2H3. The van der Waals surface area contributed by atoms with E-state index in [2.05, 4.69) is 15.9 Å². The van der Waals surface area contributed by atoms with Crippen molar-refractivity contribution in [3.05, 3.63) is 27.7 Å². The van der Waals surface area contributed by atoms with Crippen molar-refractivity contribution in [1.82, 2.24) is 0 Å². The molecule has 84 valence electrons. The van der Waals surface area contributed by atoms with Gasteiger partial charge in [-0.15, -0.1) is 0 Å². The highest BCUT2D eigenvalue weighted by Gasteiger charge is 2.12. The van der Waals surface area contributed by atoms with Gasteiger partial charge in [-0.1, -0.05) is 27.5 Å². The molecule has 0 heterocycles. The Balaban J connectivity index is 2.51. The predicted molar refractivity (Wildman–Crippen MR) is 65.6 cm³/mol. The monoisotopic (exact) mass is 292 g/mol. The second-order valence-electron chi connectivity index (χ2n) is 3.99. The van der Waals surface area contributed by atoms with Crippen molar-refractivity contribution in [1.29, 1.82) is 0 Å². The first kappa shape index (κ1) is 12.8. The summed E-state index contributed by atoms with van der Waals surface area (Å²) in [6, 6.07) is 5.45. The quantitative estimate of drug-likeness (QED) is 0.918. The Morgan fingerprint density at radius 1 is 1.47 bits per heavy atom. The molecule has 15 heavy (non-hydrogen) atoms. The van der Waals surface area contributed by atoms with E-state index in [4.69, 9.17) is 16.3 Å². The van der Waals surface area contributed by atoms with Crippen molar-refractivity contribution in [2.24, 2.45) is 0 Å². The van der Waals surface area contributed by atoms with Gasteiger partial charge in [0.1, 0.15) is 5.75 Å². The van der Waals surface area contributed by atoms with E-state index in [-0.39, 0.29) is 0 Å². The molecule has 1 aromatic rings. The summed E-state index contributed by atoms with van der Waals surface area (Å²) in [5.41, 5.74) is -0.707. The van der Waals surface area contributed by atoms with Crippen LogP contribution in [-0.2, 0) is 0 Å². The van der Waals surface area contributed by atoms with Crippen LogP contribution >= 0.6 is 27.5 Å². The highest BCUT2D eigenvalue weighted by atomic mass is 79.9. The predicted octanol–water partition coefficient (Wildman–Crippen LogP) is 3.64. The summed E-state index contributed by atoms with van der Waals surface area (Å²) < 4.78 is 6.37. The SMILES string of the molecule is CC(C)(O)CCOc1ccc(Br)cc1Cl. The lowest BCUT2D eigenvalue weighted by atomic mass is 10.1. The number of ether oxygens (including phenoxy) is 1. The lowest BCUT2D eigenvalue weighted by Crippen LogP contribution is -2.21. The number of aliphatic hydroxyl groups is 1. The van der Waals surface area contributed by atoms with Crippen LogP contribution in [0.25, 0.3) is 0 Å². The van der Waals surface area contributed by atoms with E-state index in [1.54, 1.807) is 26.0 Å². The summed E-state index contributed by atoms with van der Waals surface area (Å²) in [4.78, 5) is 0. The molecule has 0 spiro atoms. The minimum atomic E-state index is -0.707. The van der Waals surface area contributed by atoms with E-state index in [0.717, 1.165) is 4.47 Å².